The topological polar surface area (TPSA) is 61.2 Å². The van der Waals surface area contributed by atoms with Gasteiger partial charge in [0.2, 0.25) is 0 Å². The molecule has 0 spiro atoms. The van der Waals surface area contributed by atoms with Gasteiger partial charge in [-0.05, 0) is 55.1 Å². The first-order valence-electron chi connectivity index (χ1n) is 8.72. The Morgan fingerprint density at radius 2 is 2.12 bits per heavy atom. The molecule has 0 radical (unpaired) electrons. The number of methoxy groups -OCH3 is 1. The van der Waals surface area contributed by atoms with Crippen LogP contribution in [0.3, 0.4) is 0 Å². The number of nitriles is 1. The molecule has 1 aromatic carbocycles. The number of nitrogens with one attached hydrogen (secondary N) is 1. The highest BCUT2D eigenvalue weighted by Crippen LogP contribution is 2.18. The number of rotatable bonds is 7. The Morgan fingerprint density at radius 1 is 1.28 bits per heavy atom. The first-order chi connectivity index (χ1) is 12.3. The number of hydrogen-bond donors (Lipinski definition) is 1. The summed E-state index contributed by atoms with van der Waals surface area (Å²) in [5.74, 6) is 2.40. The van der Waals surface area contributed by atoms with Crippen molar-refractivity contribution in [2.45, 2.75) is 12.8 Å². The summed E-state index contributed by atoms with van der Waals surface area (Å²) >= 11 is 0. The van der Waals surface area contributed by atoms with Crippen LogP contribution in [0.5, 0.6) is 5.75 Å². The molecular formula is C20H24N4O. The second kappa shape index (κ2) is 8.50. The van der Waals surface area contributed by atoms with Crippen molar-refractivity contribution in [2.24, 2.45) is 5.92 Å². The van der Waals surface area contributed by atoms with Crippen molar-refractivity contribution in [1.82, 2.24) is 9.88 Å². The van der Waals surface area contributed by atoms with Crippen LogP contribution in [0.15, 0.2) is 42.6 Å². The molecule has 1 saturated heterocycles. The Labute approximate surface area is 149 Å². The molecule has 3 rings (SSSR count). The van der Waals surface area contributed by atoms with E-state index in [-0.39, 0.29) is 0 Å². The molecule has 25 heavy (non-hydrogen) atoms. The fourth-order valence-corrected chi connectivity index (χ4v) is 3.18. The molecule has 2 heterocycles. The highest BCUT2D eigenvalue weighted by atomic mass is 16.5. The van der Waals surface area contributed by atoms with Crippen LogP contribution in [0.25, 0.3) is 0 Å². The van der Waals surface area contributed by atoms with Crippen LogP contribution in [0.1, 0.15) is 17.5 Å². The maximum atomic E-state index is 8.80. The van der Waals surface area contributed by atoms with Gasteiger partial charge >= 0.3 is 0 Å². The predicted molar refractivity (Wildman–Crippen MR) is 98.7 cm³/mol. The van der Waals surface area contributed by atoms with Crippen molar-refractivity contribution in [2.75, 3.05) is 38.6 Å². The largest absolute Gasteiger partial charge is 0.497 e. The van der Waals surface area contributed by atoms with E-state index in [1.807, 2.05) is 18.2 Å². The molecule has 5 nitrogen and oxygen atoms in total. The molecule has 0 saturated carbocycles. The maximum Gasteiger partial charge on any atom is 0.125 e. The molecule has 0 unspecified atom stereocenters. The molecule has 130 valence electrons. The molecule has 1 aliphatic rings. The molecule has 1 atom stereocenters. The number of nitrogens with zero attached hydrogens (tertiary/aromatic N) is 3. The zero-order chi connectivity index (χ0) is 17.5. The first kappa shape index (κ1) is 17.2. The number of likely N-dealkylation sites (tertiary alicyclic amines) is 1. The van der Waals surface area contributed by atoms with Crippen LogP contribution in [0, 0.1) is 17.2 Å². The van der Waals surface area contributed by atoms with Gasteiger partial charge in [0.1, 0.15) is 17.6 Å². The zero-order valence-electron chi connectivity index (χ0n) is 14.6. The fraction of sp³-hybridized carbons (Fsp3) is 0.400. The van der Waals surface area contributed by atoms with Crippen molar-refractivity contribution >= 4 is 5.82 Å². The minimum absolute atomic E-state index is 0.594. The summed E-state index contributed by atoms with van der Waals surface area (Å²) in [5, 5.41) is 12.2. The van der Waals surface area contributed by atoms with Crippen molar-refractivity contribution < 1.29 is 4.74 Å². The lowest BCUT2D eigenvalue weighted by Gasteiger charge is -2.16. The molecule has 1 aromatic heterocycles. The van der Waals surface area contributed by atoms with Crippen LogP contribution in [0.2, 0.25) is 0 Å². The number of anilines is 1. The first-order valence-corrected chi connectivity index (χ1v) is 8.72. The minimum atomic E-state index is 0.594. The Bertz CT molecular complexity index is 706. The molecule has 0 bridgehead atoms. The smallest absolute Gasteiger partial charge is 0.125 e. The third-order valence-corrected chi connectivity index (χ3v) is 4.71. The van der Waals surface area contributed by atoms with Crippen molar-refractivity contribution in [1.29, 1.82) is 5.26 Å². The molecule has 1 aliphatic heterocycles. The number of pyridine rings is 1. The normalized spacial score (nSPS) is 17.2. The number of benzene rings is 1. The van der Waals surface area contributed by atoms with E-state index in [0.717, 1.165) is 44.2 Å². The van der Waals surface area contributed by atoms with Gasteiger partial charge in [0.15, 0.2) is 0 Å². The van der Waals surface area contributed by atoms with Crippen LogP contribution >= 0.6 is 0 Å². The number of ether oxygens (including phenoxy) is 1. The summed E-state index contributed by atoms with van der Waals surface area (Å²) < 4.78 is 5.20. The van der Waals surface area contributed by atoms with Crippen LogP contribution in [0.4, 0.5) is 5.82 Å². The van der Waals surface area contributed by atoms with Crippen molar-refractivity contribution in [3.8, 4) is 11.8 Å². The van der Waals surface area contributed by atoms with Crippen LogP contribution in [-0.2, 0) is 6.42 Å². The molecule has 0 amide bonds. The third kappa shape index (κ3) is 4.94. The molecule has 2 aromatic rings. The number of hydrogen-bond acceptors (Lipinski definition) is 5. The highest BCUT2D eigenvalue weighted by molar-refractivity contribution is 5.38. The van der Waals surface area contributed by atoms with Gasteiger partial charge in [-0.1, -0.05) is 12.1 Å². The standard InChI is InChI=1S/C20H24N4O/c1-25-19-5-2-16(3-6-19)8-10-24-11-9-18(15-24)14-23-20-7-4-17(12-21)13-22-20/h2-7,13,18H,8-11,14-15H2,1H3,(H,22,23)/t18-/m0/s1. The second-order valence-electron chi connectivity index (χ2n) is 6.48. The molecule has 5 heteroatoms. The van der Waals surface area contributed by atoms with Gasteiger partial charge in [0, 0.05) is 25.8 Å². The minimum Gasteiger partial charge on any atom is -0.497 e. The predicted octanol–water partition coefficient (Wildman–Crippen LogP) is 2.94. The van der Waals surface area contributed by atoms with Gasteiger partial charge in [0.25, 0.3) is 0 Å². The third-order valence-electron chi connectivity index (χ3n) is 4.71. The SMILES string of the molecule is COc1ccc(CCN2CC[C@@H](CNc3ccc(C#N)cn3)C2)cc1. The van der Waals surface area contributed by atoms with Gasteiger partial charge in [-0.3, -0.25) is 0 Å². The van der Waals surface area contributed by atoms with E-state index < -0.39 is 0 Å². The van der Waals surface area contributed by atoms with E-state index in [2.05, 4.69) is 33.4 Å². The quantitative estimate of drug-likeness (QED) is 0.842. The van der Waals surface area contributed by atoms with Gasteiger partial charge in [0.05, 0.1) is 12.7 Å². The monoisotopic (exact) mass is 336 g/mol. The summed E-state index contributed by atoms with van der Waals surface area (Å²) in [5.41, 5.74) is 1.94. The van der Waals surface area contributed by atoms with Gasteiger partial charge in [-0.25, -0.2) is 4.98 Å². The van der Waals surface area contributed by atoms with Gasteiger partial charge in [-0.2, -0.15) is 5.26 Å². The van der Waals surface area contributed by atoms with E-state index in [1.54, 1.807) is 19.4 Å². The molecule has 0 aliphatic carbocycles. The van der Waals surface area contributed by atoms with E-state index in [0.29, 0.717) is 11.5 Å². The maximum absolute atomic E-state index is 8.80. The number of aromatic nitrogens is 1. The van der Waals surface area contributed by atoms with Gasteiger partial charge in [-0.15, -0.1) is 0 Å². The summed E-state index contributed by atoms with van der Waals surface area (Å²) in [7, 11) is 1.70. The van der Waals surface area contributed by atoms with E-state index in [9.17, 15) is 0 Å². The van der Waals surface area contributed by atoms with Crippen LogP contribution in [-0.4, -0.2) is 43.2 Å². The highest BCUT2D eigenvalue weighted by Gasteiger charge is 2.21. The van der Waals surface area contributed by atoms with Crippen LogP contribution < -0.4 is 10.1 Å². The van der Waals surface area contributed by atoms with E-state index in [4.69, 9.17) is 10.00 Å². The summed E-state index contributed by atoms with van der Waals surface area (Å²) in [6.07, 6.45) is 3.89. The van der Waals surface area contributed by atoms with E-state index in [1.165, 1.54) is 12.0 Å². The average molecular weight is 336 g/mol. The lowest BCUT2D eigenvalue weighted by atomic mass is 10.1. The lowest BCUT2D eigenvalue weighted by molar-refractivity contribution is 0.330. The van der Waals surface area contributed by atoms with E-state index >= 15 is 0 Å². The molecule has 1 fully saturated rings. The average Bonchev–Trinajstić information content (AvgIpc) is 3.13. The second-order valence-corrected chi connectivity index (χ2v) is 6.48. The van der Waals surface area contributed by atoms with Gasteiger partial charge < -0.3 is 15.0 Å². The zero-order valence-corrected chi connectivity index (χ0v) is 14.6. The summed E-state index contributed by atoms with van der Waals surface area (Å²) in [6, 6.07) is 14.1. The Morgan fingerprint density at radius 3 is 2.80 bits per heavy atom. The van der Waals surface area contributed by atoms with Crippen molar-refractivity contribution in [3.05, 3.63) is 53.7 Å². The molecule has 1 N–H and O–H groups in total. The molecular weight excluding hydrogens is 312 g/mol. The summed E-state index contributed by atoms with van der Waals surface area (Å²) in [4.78, 5) is 6.79. The lowest BCUT2D eigenvalue weighted by Crippen LogP contribution is -2.25. The Balaban J connectivity index is 1.39. The van der Waals surface area contributed by atoms with Crippen molar-refractivity contribution in [3.63, 3.8) is 0 Å². The fourth-order valence-electron chi connectivity index (χ4n) is 3.18. The summed E-state index contributed by atoms with van der Waals surface area (Å²) in [6.45, 7) is 4.30. The Kier molecular flexibility index (Phi) is 5.86. The Hall–Kier alpha value is -2.58.